The molecule has 0 saturated heterocycles. The molecule has 0 radical (unpaired) electrons. The van der Waals surface area contributed by atoms with Gasteiger partial charge in [0.05, 0.1) is 20.2 Å². The van der Waals surface area contributed by atoms with E-state index in [1.54, 1.807) is 36.3 Å². The summed E-state index contributed by atoms with van der Waals surface area (Å²) < 4.78 is 5.11. The molecule has 0 saturated carbocycles. The van der Waals surface area contributed by atoms with E-state index in [1.165, 1.54) is 0 Å². The lowest BCUT2D eigenvalue weighted by Crippen LogP contribution is -2.38. The molecule has 0 fully saturated rings. The number of hydrogen-bond acceptors (Lipinski definition) is 4. The maximum absolute atomic E-state index is 12.4. The Morgan fingerprint density at radius 1 is 0.742 bits per heavy atom. The molecule has 0 unspecified atom stereocenters. The standard InChI is InChI=1S/C25H27N3O3/c1-3-28(18-25(30)27-22-13-15-23(31-2)16-14-22)17-24(29)26-21-11-9-20(10-12-21)19-7-5-4-6-8-19/h4-16H,3,17-18H2,1-2H3,(H,26,29)(H,27,30). The van der Waals surface area contributed by atoms with Crippen molar-refractivity contribution < 1.29 is 14.3 Å². The van der Waals surface area contributed by atoms with Crippen molar-refractivity contribution in [2.24, 2.45) is 0 Å². The zero-order valence-electron chi connectivity index (χ0n) is 17.8. The molecule has 0 atom stereocenters. The minimum absolute atomic E-state index is 0.128. The molecule has 3 rings (SSSR count). The number of benzene rings is 3. The molecule has 0 aromatic heterocycles. The number of ether oxygens (including phenoxy) is 1. The Morgan fingerprint density at radius 3 is 1.71 bits per heavy atom. The number of rotatable bonds is 9. The molecule has 3 aromatic rings. The summed E-state index contributed by atoms with van der Waals surface area (Å²) in [6, 6.07) is 24.9. The fourth-order valence-electron chi connectivity index (χ4n) is 3.14. The predicted molar refractivity (Wildman–Crippen MR) is 124 cm³/mol. The largest absolute Gasteiger partial charge is 0.497 e. The van der Waals surface area contributed by atoms with Crippen molar-refractivity contribution in [3.8, 4) is 16.9 Å². The first-order valence-corrected chi connectivity index (χ1v) is 10.2. The van der Waals surface area contributed by atoms with E-state index in [-0.39, 0.29) is 24.9 Å². The van der Waals surface area contributed by atoms with E-state index in [9.17, 15) is 9.59 Å². The van der Waals surface area contributed by atoms with Gasteiger partial charge in [-0.05, 0) is 54.1 Å². The number of carbonyl (C=O) groups is 2. The number of hydrogen-bond donors (Lipinski definition) is 2. The van der Waals surface area contributed by atoms with Crippen LogP contribution in [0.5, 0.6) is 5.75 Å². The van der Waals surface area contributed by atoms with E-state index in [1.807, 2.05) is 61.5 Å². The molecule has 6 heteroatoms. The van der Waals surface area contributed by atoms with Gasteiger partial charge in [0, 0.05) is 11.4 Å². The molecular weight excluding hydrogens is 390 g/mol. The van der Waals surface area contributed by atoms with Gasteiger partial charge in [-0.3, -0.25) is 14.5 Å². The average molecular weight is 418 g/mol. The van der Waals surface area contributed by atoms with Crippen molar-refractivity contribution in [2.75, 3.05) is 37.4 Å². The van der Waals surface area contributed by atoms with Crippen molar-refractivity contribution in [3.05, 3.63) is 78.9 Å². The number of methoxy groups -OCH3 is 1. The normalized spacial score (nSPS) is 10.5. The SMILES string of the molecule is CCN(CC(=O)Nc1ccc(OC)cc1)CC(=O)Nc1ccc(-c2ccccc2)cc1. The second kappa shape index (κ2) is 10.9. The third-order valence-corrected chi connectivity index (χ3v) is 4.83. The van der Waals surface area contributed by atoms with Gasteiger partial charge in [0.25, 0.3) is 0 Å². The Bertz CT molecular complexity index is 987. The lowest BCUT2D eigenvalue weighted by atomic mass is 10.1. The first-order chi connectivity index (χ1) is 15.1. The highest BCUT2D eigenvalue weighted by atomic mass is 16.5. The van der Waals surface area contributed by atoms with E-state index in [4.69, 9.17) is 4.74 Å². The molecule has 3 aromatic carbocycles. The molecule has 0 spiro atoms. The second-order valence-electron chi connectivity index (χ2n) is 7.07. The zero-order valence-corrected chi connectivity index (χ0v) is 17.8. The van der Waals surface area contributed by atoms with Crippen LogP contribution in [0.2, 0.25) is 0 Å². The number of carbonyl (C=O) groups excluding carboxylic acids is 2. The number of likely N-dealkylation sites (N-methyl/N-ethyl adjacent to an activating group) is 1. The van der Waals surface area contributed by atoms with Gasteiger partial charge >= 0.3 is 0 Å². The highest BCUT2D eigenvalue weighted by Crippen LogP contribution is 2.21. The lowest BCUT2D eigenvalue weighted by Gasteiger charge is -2.19. The summed E-state index contributed by atoms with van der Waals surface area (Å²) in [6.45, 7) is 2.76. The van der Waals surface area contributed by atoms with E-state index in [2.05, 4.69) is 10.6 Å². The summed E-state index contributed by atoms with van der Waals surface area (Å²) in [5, 5.41) is 5.73. The summed E-state index contributed by atoms with van der Waals surface area (Å²) in [5.74, 6) is 0.389. The fourth-order valence-corrected chi connectivity index (χ4v) is 3.14. The van der Waals surface area contributed by atoms with E-state index >= 15 is 0 Å². The Labute approximate surface area is 182 Å². The van der Waals surface area contributed by atoms with Crippen LogP contribution >= 0.6 is 0 Å². The Balaban J connectivity index is 1.50. The van der Waals surface area contributed by atoms with Crippen LogP contribution in [0, 0.1) is 0 Å². The van der Waals surface area contributed by atoms with Crippen LogP contribution in [0.15, 0.2) is 78.9 Å². The van der Waals surface area contributed by atoms with Crippen LogP contribution in [0.1, 0.15) is 6.92 Å². The van der Waals surface area contributed by atoms with Crippen molar-refractivity contribution >= 4 is 23.2 Å². The molecule has 0 aliphatic heterocycles. The number of anilines is 2. The molecule has 160 valence electrons. The van der Waals surface area contributed by atoms with Gasteiger partial charge in [0.1, 0.15) is 5.75 Å². The van der Waals surface area contributed by atoms with E-state index < -0.39 is 0 Å². The number of amides is 2. The third kappa shape index (κ3) is 6.69. The first kappa shape index (κ1) is 22.1. The van der Waals surface area contributed by atoms with Gasteiger partial charge in [-0.15, -0.1) is 0 Å². The summed E-state index contributed by atoms with van der Waals surface area (Å²) in [7, 11) is 1.59. The highest BCUT2D eigenvalue weighted by Gasteiger charge is 2.14. The molecule has 0 bridgehead atoms. The number of nitrogens with one attached hydrogen (secondary N) is 2. The van der Waals surface area contributed by atoms with Gasteiger partial charge < -0.3 is 15.4 Å². The van der Waals surface area contributed by atoms with Gasteiger partial charge in [0.15, 0.2) is 0 Å². The summed E-state index contributed by atoms with van der Waals surface area (Å²) in [5.41, 5.74) is 3.62. The summed E-state index contributed by atoms with van der Waals surface area (Å²) in [6.07, 6.45) is 0. The van der Waals surface area contributed by atoms with Gasteiger partial charge in [-0.2, -0.15) is 0 Å². The van der Waals surface area contributed by atoms with Crippen LogP contribution in [-0.4, -0.2) is 43.5 Å². The predicted octanol–water partition coefficient (Wildman–Crippen LogP) is 4.26. The van der Waals surface area contributed by atoms with E-state index in [0.29, 0.717) is 12.2 Å². The van der Waals surface area contributed by atoms with Gasteiger partial charge in [-0.25, -0.2) is 0 Å². The average Bonchev–Trinajstić information content (AvgIpc) is 2.80. The maximum atomic E-state index is 12.4. The minimum atomic E-state index is -0.174. The summed E-state index contributed by atoms with van der Waals surface area (Å²) in [4.78, 5) is 26.6. The van der Waals surface area contributed by atoms with Crippen molar-refractivity contribution in [3.63, 3.8) is 0 Å². The lowest BCUT2D eigenvalue weighted by molar-refractivity contribution is -0.119. The molecule has 0 aliphatic carbocycles. The topological polar surface area (TPSA) is 70.7 Å². The molecular formula is C25H27N3O3. The Kier molecular flexibility index (Phi) is 7.79. The zero-order chi connectivity index (χ0) is 22.1. The van der Waals surface area contributed by atoms with Crippen molar-refractivity contribution in [1.82, 2.24) is 4.90 Å². The van der Waals surface area contributed by atoms with Crippen molar-refractivity contribution in [2.45, 2.75) is 6.92 Å². The smallest absolute Gasteiger partial charge is 0.238 e. The summed E-state index contributed by atoms with van der Waals surface area (Å²) >= 11 is 0. The van der Waals surface area contributed by atoms with Crippen molar-refractivity contribution in [1.29, 1.82) is 0 Å². The maximum Gasteiger partial charge on any atom is 0.238 e. The second-order valence-corrected chi connectivity index (χ2v) is 7.07. The molecule has 6 nitrogen and oxygen atoms in total. The van der Waals surface area contributed by atoms with Crippen LogP contribution in [0.3, 0.4) is 0 Å². The Morgan fingerprint density at radius 2 is 1.23 bits per heavy atom. The van der Waals surface area contributed by atoms with Crippen LogP contribution in [0.25, 0.3) is 11.1 Å². The van der Waals surface area contributed by atoms with Gasteiger partial charge in [-0.1, -0.05) is 49.4 Å². The molecule has 0 aliphatic rings. The monoisotopic (exact) mass is 417 g/mol. The van der Waals surface area contributed by atoms with Crippen LogP contribution < -0.4 is 15.4 Å². The fraction of sp³-hybridized carbons (Fsp3) is 0.200. The van der Waals surface area contributed by atoms with E-state index in [0.717, 1.165) is 22.6 Å². The molecule has 31 heavy (non-hydrogen) atoms. The van der Waals surface area contributed by atoms with Crippen LogP contribution in [0.4, 0.5) is 11.4 Å². The number of nitrogens with zero attached hydrogens (tertiary/aromatic N) is 1. The molecule has 2 amide bonds. The van der Waals surface area contributed by atoms with Crippen LogP contribution in [-0.2, 0) is 9.59 Å². The molecule has 2 N–H and O–H groups in total. The quantitative estimate of drug-likeness (QED) is 0.546. The Hall–Kier alpha value is -3.64. The highest BCUT2D eigenvalue weighted by molar-refractivity contribution is 5.94. The third-order valence-electron chi connectivity index (χ3n) is 4.83. The minimum Gasteiger partial charge on any atom is -0.497 e. The molecule has 0 heterocycles. The first-order valence-electron chi connectivity index (χ1n) is 10.2. The van der Waals surface area contributed by atoms with Gasteiger partial charge in [0.2, 0.25) is 11.8 Å².